The number of hydrogen-bond donors (Lipinski definition) is 2. The summed E-state index contributed by atoms with van der Waals surface area (Å²) in [6.45, 7) is 2.37. The Kier molecular flexibility index (Phi) is 5.70. The first-order valence-electron chi connectivity index (χ1n) is 6.94. The molecule has 118 valence electrons. The third-order valence-corrected chi connectivity index (χ3v) is 6.17. The van der Waals surface area contributed by atoms with Gasteiger partial charge in [-0.2, -0.15) is 0 Å². The minimum atomic E-state index is -3.49. The van der Waals surface area contributed by atoms with Crippen molar-refractivity contribution in [2.24, 2.45) is 0 Å². The van der Waals surface area contributed by atoms with Crippen molar-refractivity contribution in [1.29, 1.82) is 0 Å². The summed E-state index contributed by atoms with van der Waals surface area (Å²) in [5.74, 6) is -0.218. The molecule has 0 spiro atoms. The molecule has 1 heterocycles. The lowest BCUT2D eigenvalue weighted by molar-refractivity contribution is 0.0954. The summed E-state index contributed by atoms with van der Waals surface area (Å²) in [4.78, 5) is 12.8. The van der Waals surface area contributed by atoms with Gasteiger partial charge in [-0.25, -0.2) is 13.1 Å². The molecule has 0 saturated carbocycles. The van der Waals surface area contributed by atoms with Gasteiger partial charge >= 0.3 is 0 Å². The second-order valence-electron chi connectivity index (χ2n) is 4.59. The highest BCUT2D eigenvalue weighted by Gasteiger charge is 2.15. The van der Waals surface area contributed by atoms with Crippen molar-refractivity contribution in [3.8, 4) is 0 Å². The van der Waals surface area contributed by atoms with E-state index >= 15 is 0 Å². The zero-order valence-electron chi connectivity index (χ0n) is 12.2. The van der Waals surface area contributed by atoms with Crippen LogP contribution in [0.3, 0.4) is 0 Å². The van der Waals surface area contributed by atoms with Gasteiger partial charge in [0.1, 0.15) is 4.21 Å². The van der Waals surface area contributed by atoms with Crippen LogP contribution in [0.25, 0.3) is 0 Å². The fraction of sp³-hybridized carbons (Fsp3) is 0.267. The molecular formula is C15H18N2O3S2. The van der Waals surface area contributed by atoms with Crippen molar-refractivity contribution >= 4 is 27.3 Å². The molecule has 1 aromatic heterocycles. The molecule has 0 radical (unpaired) electrons. The molecule has 0 fully saturated rings. The van der Waals surface area contributed by atoms with Gasteiger partial charge in [0.25, 0.3) is 5.91 Å². The van der Waals surface area contributed by atoms with Crippen LogP contribution in [-0.2, 0) is 16.4 Å². The largest absolute Gasteiger partial charge is 0.351 e. The van der Waals surface area contributed by atoms with E-state index in [0.717, 1.165) is 11.3 Å². The van der Waals surface area contributed by atoms with Crippen LogP contribution in [0.15, 0.2) is 46.7 Å². The SMILES string of the molecule is CCc1ccc(S(=O)(=O)NCCNC(=O)c2ccccc2)s1. The van der Waals surface area contributed by atoms with Crippen LogP contribution in [-0.4, -0.2) is 27.4 Å². The number of rotatable bonds is 7. The van der Waals surface area contributed by atoms with Gasteiger partial charge in [0.05, 0.1) is 0 Å². The van der Waals surface area contributed by atoms with Gasteiger partial charge in [-0.3, -0.25) is 4.79 Å². The Morgan fingerprint density at radius 3 is 2.45 bits per heavy atom. The number of hydrogen-bond acceptors (Lipinski definition) is 4. The Morgan fingerprint density at radius 1 is 1.09 bits per heavy atom. The van der Waals surface area contributed by atoms with Crippen LogP contribution in [0.4, 0.5) is 0 Å². The predicted octanol–water partition coefficient (Wildman–Crippen LogP) is 2.02. The zero-order valence-corrected chi connectivity index (χ0v) is 13.8. The van der Waals surface area contributed by atoms with E-state index in [1.165, 1.54) is 11.3 Å². The van der Waals surface area contributed by atoms with Crippen LogP contribution < -0.4 is 10.0 Å². The molecule has 0 atom stereocenters. The molecule has 2 rings (SSSR count). The lowest BCUT2D eigenvalue weighted by Crippen LogP contribution is -2.34. The summed E-state index contributed by atoms with van der Waals surface area (Å²) >= 11 is 1.26. The highest BCUT2D eigenvalue weighted by atomic mass is 32.2. The highest BCUT2D eigenvalue weighted by Crippen LogP contribution is 2.21. The molecule has 1 aromatic carbocycles. The molecule has 0 unspecified atom stereocenters. The minimum Gasteiger partial charge on any atom is -0.351 e. The number of aryl methyl sites for hydroxylation is 1. The third-order valence-electron chi connectivity index (χ3n) is 2.99. The van der Waals surface area contributed by atoms with Crippen molar-refractivity contribution in [3.63, 3.8) is 0 Å². The number of carbonyl (C=O) groups is 1. The molecule has 1 amide bonds. The van der Waals surface area contributed by atoms with Crippen LogP contribution in [0, 0.1) is 0 Å². The highest BCUT2D eigenvalue weighted by molar-refractivity contribution is 7.91. The van der Waals surface area contributed by atoms with Crippen LogP contribution in [0.5, 0.6) is 0 Å². The van der Waals surface area contributed by atoms with E-state index < -0.39 is 10.0 Å². The molecule has 7 heteroatoms. The smallest absolute Gasteiger partial charge is 0.251 e. The summed E-state index contributed by atoms with van der Waals surface area (Å²) in [6.07, 6.45) is 0.813. The lowest BCUT2D eigenvalue weighted by Gasteiger charge is -2.07. The van der Waals surface area contributed by atoms with E-state index in [1.54, 1.807) is 30.3 Å². The van der Waals surface area contributed by atoms with E-state index in [-0.39, 0.29) is 19.0 Å². The molecule has 0 aliphatic carbocycles. The summed E-state index contributed by atoms with van der Waals surface area (Å²) in [5, 5.41) is 2.68. The van der Waals surface area contributed by atoms with Gasteiger partial charge in [0, 0.05) is 23.5 Å². The van der Waals surface area contributed by atoms with E-state index in [2.05, 4.69) is 10.0 Å². The number of amides is 1. The molecule has 0 saturated heterocycles. The van der Waals surface area contributed by atoms with Crippen molar-refractivity contribution in [3.05, 3.63) is 52.9 Å². The maximum absolute atomic E-state index is 12.1. The first-order valence-corrected chi connectivity index (χ1v) is 9.24. The first-order chi connectivity index (χ1) is 10.5. The monoisotopic (exact) mass is 338 g/mol. The first kappa shape index (κ1) is 16.7. The Bertz CT molecular complexity index is 724. The van der Waals surface area contributed by atoms with Gasteiger partial charge in [-0.05, 0) is 30.7 Å². The van der Waals surface area contributed by atoms with Crippen molar-refractivity contribution in [2.75, 3.05) is 13.1 Å². The van der Waals surface area contributed by atoms with E-state index in [9.17, 15) is 13.2 Å². The number of carbonyl (C=O) groups excluding carboxylic acids is 1. The Morgan fingerprint density at radius 2 is 1.82 bits per heavy atom. The molecule has 2 aromatic rings. The fourth-order valence-corrected chi connectivity index (χ4v) is 4.19. The van der Waals surface area contributed by atoms with Gasteiger partial charge in [0.15, 0.2) is 0 Å². The van der Waals surface area contributed by atoms with Crippen molar-refractivity contribution in [1.82, 2.24) is 10.0 Å². The van der Waals surface area contributed by atoms with Crippen LogP contribution in [0.2, 0.25) is 0 Å². The molecule has 2 N–H and O–H groups in total. The molecule has 0 bridgehead atoms. The van der Waals surface area contributed by atoms with E-state index in [4.69, 9.17) is 0 Å². The minimum absolute atomic E-state index is 0.153. The average Bonchev–Trinajstić information content (AvgIpc) is 3.02. The Labute approximate surface area is 134 Å². The predicted molar refractivity (Wildman–Crippen MR) is 87.7 cm³/mol. The lowest BCUT2D eigenvalue weighted by atomic mass is 10.2. The average molecular weight is 338 g/mol. The van der Waals surface area contributed by atoms with Gasteiger partial charge < -0.3 is 5.32 Å². The zero-order chi connectivity index (χ0) is 16.0. The molecule has 0 aliphatic rings. The summed E-state index contributed by atoms with van der Waals surface area (Å²) < 4.78 is 26.9. The molecular weight excluding hydrogens is 320 g/mol. The van der Waals surface area contributed by atoms with E-state index in [0.29, 0.717) is 9.77 Å². The molecule has 0 aliphatic heterocycles. The maximum atomic E-state index is 12.1. The maximum Gasteiger partial charge on any atom is 0.251 e. The Balaban J connectivity index is 1.82. The van der Waals surface area contributed by atoms with Gasteiger partial charge in [-0.1, -0.05) is 25.1 Å². The quantitative estimate of drug-likeness (QED) is 0.759. The number of sulfonamides is 1. The summed E-state index contributed by atoms with van der Waals surface area (Å²) in [6, 6.07) is 12.2. The standard InChI is InChI=1S/C15H18N2O3S2/c1-2-13-8-9-14(21-13)22(19,20)17-11-10-16-15(18)12-6-4-3-5-7-12/h3-9,17H,2,10-11H2,1H3,(H,16,18). The number of benzene rings is 1. The molecule has 5 nitrogen and oxygen atoms in total. The number of thiophene rings is 1. The Hall–Kier alpha value is -1.70. The van der Waals surface area contributed by atoms with Crippen molar-refractivity contribution in [2.45, 2.75) is 17.6 Å². The van der Waals surface area contributed by atoms with Crippen LogP contribution >= 0.6 is 11.3 Å². The van der Waals surface area contributed by atoms with Crippen molar-refractivity contribution < 1.29 is 13.2 Å². The van der Waals surface area contributed by atoms with Gasteiger partial charge in [0.2, 0.25) is 10.0 Å². The third kappa shape index (κ3) is 4.40. The molecule has 22 heavy (non-hydrogen) atoms. The normalized spacial score (nSPS) is 11.3. The summed E-state index contributed by atoms with van der Waals surface area (Å²) in [7, 11) is -3.49. The second-order valence-corrected chi connectivity index (χ2v) is 7.76. The summed E-state index contributed by atoms with van der Waals surface area (Å²) in [5.41, 5.74) is 0.552. The van der Waals surface area contributed by atoms with Crippen LogP contribution in [0.1, 0.15) is 22.2 Å². The fourth-order valence-electron chi connectivity index (χ4n) is 1.82. The second kappa shape index (κ2) is 7.53. The van der Waals surface area contributed by atoms with E-state index in [1.807, 2.05) is 19.1 Å². The topological polar surface area (TPSA) is 75.3 Å². The number of nitrogens with one attached hydrogen (secondary N) is 2. The van der Waals surface area contributed by atoms with Gasteiger partial charge in [-0.15, -0.1) is 11.3 Å².